The van der Waals surface area contributed by atoms with Gasteiger partial charge in [0, 0.05) is 25.0 Å². The van der Waals surface area contributed by atoms with Gasteiger partial charge in [-0.05, 0) is 43.0 Å². The van der Waals surface area contributed by atoms with Crippen LogP contribution >= 0.6 is 0 Å². The number of hydrogen-bond donors (Lipinski definition) is 0. The molecule has 150 valence electrons. The molecule has 4 heteroatoms. The molecule has 3 nitrogen and oxygen atoms in total. The lowest BCUT2D eigenvalue weighted by atomic mass is 10.0. The molecule has 0 saturated heterocycles. The number of rotatable bonds is 9. The van der Waals surface area contributed by atoms with E-state index in [2.05, 4.69) is 64.2 Å². The first kappa shape index (κ1) is 21.9. The molecule has 1 aliphatic rings. The van der Waals surface area contributed by atoms with E-state index in [0.717, 1.165) is 38.5 Å². The standard InChI is InChI=1S/C23H36O3Si/c1-23(2,3)27(4,5)26-21(18-20-16-11-17-22(24)25-20)15-10-9-14-19-12-7-6-8-13-19/h6-8,11-13,17,20-21H,9-10,14-16,18H2,1-5H3/t20-,21-/m1/s1. The van der Waals surface area contributed by atoms with Gasteiger partial charge in [-0.25, -0.2) is 4.79 Å². The molecule has 0 spiro atoms. The summed E-state index contributed by atoms with van der Waals surface area (Å²) < 4.78 is 12.2. The van der Waals surface area contributed by atoms with Crippen molar-refractivity contribution >= 4 is 14.3 Å². The lowest BCUT2D eigenvalue weighted by Crippen LogP contribution is -2.45. The first-order valence-electron chi connectivity index (χ1n) is 10.3. The number of cyclic esters (lactones) is 1. The van der Waals surface area contributed by atoms with Crippen molar-refractivity contribution in [3.8, 4) is 0 Å². The van der Waals surface area contributed by atoms with Gasteiger partial charge in [-0.3, -0.25) is 0 Å². The molecule has 0 amide bonds. The summed E-state index contributed by atoms with van der Waals surface area (Å²) in [6, 6.07) is 10.6. The van der Waals surface area contributed by atoms with Crippen LogP contribution in [0.3, 0.4) is 0 Å². The number of aryl methyl sites for hydroxylation is 1. The summed E-state index contributed by atoms with van der Waals surface area (Å²) in [4.78, 5) is 11.6. The van der Waals surface area contributed by atoms with Crippen LogP contribution < -0.4 is 0 Å². The van der Waals surface area contributed by atoms with Gasteiger partial charge in [0.2, 0.25) is 0 Å². The van der Waals surface area contributed by atoms with E-state index in [-0.39, 0.29) is 23.2 Å². The van der Waals surface area contributed by atoms with Gasteiger partial charge in [0.15, 0.2) is 8.32 Å². The van der Waals surface area contributed by atoms with Crippen molar-refractivity contribution in [1.29, 1.82) is 0 Å². The smallest absolute Gasteiger partial charge is 0.330 e. The predicted octanol–water partition coefficient (Wildman–Crippen LogP) is 6.05. The third-order valence-electron chi connectivity index (χ3n) is 5.81. The fourth-order valence-electron chi connectivity index (χ4n) is 3.17. The third kappa shape index (κ3) is 7.26. The highest BCUT2D eigenvalue weighted by Gasteiger charge is 2.39. The van der Waals surface area contributed by atoms with E-state index < -0.39 is 8.32 Å². The molecule has 0 aromatic heterocycles. The lowest BCUT2D eigenvalue weighted by Gasteiger charge is -2.40. The Balaban J connectivity index is 1.91. The Hall–Kier alpha value is -1.39. The van der Waals surface area contributed by atoms with Crippen molar-refractivity contribution in [2.75, 3.05) is 0 Å². The second-order valence-electron chi connectivity index (χ2n) is 9.16. The van der Waals surface area contributed by atoms with Crippen LogP contribution in [-0.2, 0) is 20.4 Å². The molecule has 0 aliphatic carbocycles. The fraction of sp³-hybridized carbons (Fsp3) is 0.609. The minimum atomic E-state index is -1.85. The average molecular weight is 389 g/mol. The van der Waals surface area contributed by atoms with Gasteiger partial charge in [-0.1, -0.05) is 63.6 Å². The van der Waals surface area contributed by atoms with E-state index in [0.29, 0.717) is 0 Å². The monoisotopic (exact) mass is 388 g/mol. The van der Waals surface area contributed by atoms with E-state index in [1.54, 1.807) is 0 Å². The Kier molecular flexibility index (Phi) is 7.87. The molecule has 1 aromatic carbocycles. The number of unbranched alkanes of at least 4 members (excludes halogenated alkanes) is 1. The minimum Gasteiger partial charge on any atom is -0.459 e. The molecule has 0 N–H and O–H groups in total. The van der Waals surface area contributed by atoms with Gasteiger partial charge >= 0.3 is 5.97 Å². The Morgan fingerprint density at radius 2 is 1.89 bits per heavy atom. The van der Waals surface area contributed by atoms with Crippen LogP contribution in [0.2, 0.25) is 18.1 Å². The maximum atomic E-state index is 11.6. The second kappa shape index (κ2) is 9.70. The first-order valence-corrected chi connectivity index (χ1v) is 13.2. The van der Waals surface area contributed by atoms with Gasteiger partial charge in [-0.2, -0.15) is 0 Å². The third-order valence-corrected chi connectivity index (χ3v) is 10.3. The SMILES string of the molecule is CC(C)(C)[Si](C)(C)O[C@H](CCCCc1ccccc1)C[C@H]1CC=CC(=O)O1. The predicted molar refractivity (Wildman–Crippen MR) is 114 cm³/mol. The molecule has 0 saturated carbocycles. The highest BCUT2D eigenvalue weighted by Crippen LogP contribution is 2.38. The van der Waals surface area contributed by atoms with E-state index in [4.69, 9.17) is 9.16 Å². The van der Waals surface area contributed by atoms with E-state index in [9.17, 15) is 4.79 Å². The van der Waals surface area contributed by atoms with Crippen molar-refractivity contribution in [1.82, 2.24) is 0 Å². The van der Waals surface area contributed by atoms with Gasteiger partial charge < -0.3 is 9.16 Å². The highest BCUT2D eigenvalue weighted by molar-refractivity contribution is 6.74. The zero-order valence-electron chi connectivity index (χ0n) is 17.7. The molecule has 2 atom stereocenters. The molecular formula is C23H36O3Si. The Bertz CT molecular complexity index is 616. The first-order chi connectivity index (χ1) is 12.7. The van der Waals surface area contributed by atoms with E-state index in [1.165, 1.54) is 11.6 Å². The molecule has 27 heavy (non-hydrogen) atoms. The van der Waals surface area contributed by atoms with Crippen LogP contribution in [0.25, 0.3) is 0 Å². The van der Waals surface area contributed by atoms with Gasteiger partial charge in [0.1, 0.15) is 6.10 Å². The van der Waals surface area contributed by atoms with Gasteiger partial charge in [0.25, 0.3) is 0 Å². The number of esters is 1. The Labute approximate surface area is 166 Å². The van der Waals surface area contributed by atoms with Crippen molar-refractivity contribution in [2.45, 2.75) is 89.6 Å². The number of carbonyl (C=O) groups excluding carboxylic acids is 1. The topological polar surface area (TPSA) is 35.5 Å². The van der Waals surface area contributed by atoms with Gasteiger partial charge in [0.05, 0.1) is 0 Å². The molecule has 0 unspecified atom stereocenters. The summed E-state index contributed by atoms with van der Waals surface area (Å²) >= 11 is 0. The van der Waals surface area contributed by atoms with Gasteiger partial charge in [-0.15, -0.1) is 0 Å². The number of hydrogen-bond acceptors (Lipinski definition) is 3. The average Bonchev–Trinajstić information content (AvgIpc) is 2.58. The molecular weight excluding hydrogens is 352 g/mol. The molecule has 2 rings (SSSR count). The fourth-order valence-corrected chi connectivity index (χ4v) is 4.57. The summed E-state index contributed by atoms with van der Waals surface area (Å²) in [6.07, 6.45) is 9.58. The molecule has 0 fully saturated rings. The Morgan fingerprint density at radius 1 is 1.19 bits per heavy atom. The normalized spacial score (nSPS) is 19.0. The molecule has 1 heterocycles. The van der Waals surface area contributed by atoms with E-state index in [1.807, 2.05) is 6.08 Å². The zero-order chi connectivity index (χ0) is 19.9. The largest absolute Gasteiger partial charge is 0.459 e. The van der Waals surface area contributed by atoms with Crippen molar-refractivity contribution in [3.05, 3.63) is 48.0 Å². The van der Waals surface area contributed by atoms with Crippen LogP contribution in [0.4, 0.5) is 0 Å². The van der Waals surface area contributed by atoms with Crippen LogP contribution in [-0.4, -0.2) is 26.5 Å². The quantitative estimate of drug-likeness (QED) is 0.293. The maximum Gasteiger partial charge on any atom is 0.330 e. The van der Waals surface area contributed by atoms with Crippen molar-refractivity contribution in [3.63, 3.8) is 0 Å². The maximum absolute atomic E-state index is 11.6. The van der Waals surface area contributed by atoms with Crippen LogP contribution in [0.5, 0.6) is 0 Å². The van der Waals surface area contributed by atoms with E-state index >= 15 is 0 Å². The number of carbonyl (C=O) groups is 1. The summed E-state index contributed by atoms with van der Waals surface area (Å²) in [5, 5.41) is 0.179. The Morgan fingerprint density at radius 3 is 2.52 bits per heavy atom. The van der Waals surface area contributed by atoms with Crippen LogP contribution in [0, 0.1) is 0 Å². The van der Waals surface area contributed by atoms with Crippen molar-refractivity contribution < 1.29 is 14.0 Å². The molecule has 1 aliphatic heterocycles. The van der Waals surface area contributed by atoms with Crippen LogP contribution in [0.1, 0.15) is 58.4 Å². The summed E-state index contributed by atoms with van der Waals surface area (Å²) in [6.45, 7) is 11.4. The zero-order valence-corrected chi connectivity index (χ0v) is 18.7. The minimum absolute atomic E-state index is 0.0496. The number of benzene rings is 1. The summed E-state index contributed by atoms with van der Waals surface area (Å²) in [7, 11) is -1.85. The lowest BCUT2D eigenvalue weighted by molar-refractivity contribution is -0.145. The van der Waals surface area contributed by atoms with Crippen LogP contribution in [0.15, 0.2) is 42.5 Å². The molecule has 1 aromatic rings. The van der Waals surface area contributed by atoms with Crippen molar-refractivity contribution in [2.24, 2.45) is 0 Å². The summed E-state index contributed by atoms with van der Waals surface area (Å²) in [5.41, 5.74) is 1.39. The highest BCUT2D eigenvalue weighted by atomic mass is 28.4. The second-order valence-corrected chi connectivity index (χ2v) is 13.9. The summed E-state index contributed by atoms with van der Waals surface area (Å²) in [5.74, 6) is -0.221. The molecule has 0 radical (unpaired) electrons. The molecule has 0 bridgehead atoms. The number of ether oxygens (including phenoxy) is 1.